The summed E-state index contributed by atoms with van der Waals surface area (Å²) >= 11 is 0. The number of anilines is 1. The van der Waals surface area contributed by atoms with E-state index in [4.69, 9.17) is 4.18 Å². The number of benzene rings is 1. The number of rotatable bonds is 4. The van der Waals surface area contributed by atoms with Crippen molar-refractivity contribution in [1.29, 1.82) is 0 Å². The van der Waals surface area contributed by atoms with Gasteiger partial charge in [0.25, 0.3) is 0 Å². The van der Waals surface area contributed by atoms with Gasteiger partial charge in [0.15, 0.2) is 0 Å². The molecule has 0 saturated carbocycles. The monoisotopic (exact) mass is 312 g/mol. The standard InChI is InChI=1S/C14H20N2O4S/c1-12(17)15-13-6-8-14(9-7-13)20-21(18,19)16-10-4-2-3-5-11-16/h6-9H,2-5,10-11H2,1H3,(H,15,17). The highest BCUT2D eigenvalue weighted by Gasteiger charge is 2.24. The van der Waals surface area contributed by atoms with Gasteiger partial charge in [-0.15, -0.1) is 0 Å². The highest BCUT2D eigenvalue weighted by Crippen LogP contribution is 2.20. The number of carbonyl (C=O) groups is 1. The normalized spacial score (nSPS) is 17.0. The van der Waals surface area contributed by atoms with Crippen LogP contribution >= 0.6 is 0 Å². The number of amides is 1. The summed E-state index contributed by atoms with van der Waals surface area (Å²) < 4.78 is 30.9. The van der Waals surface area contributed by atoms with Gasteiger partial charge >= 0.3 is 10.3 Å². The van der Waals surface area contributed by atoms with Crippen molar-refractivity contribution in [1.82, 2.24) is 4.31 Å². The van der Waals surface area contributed by atoms with E-state index >= 15 is 0 Å². The van der Waals surface area contributed by atoms with Gasteiger partial charge in [-0.3, -0.25) is 4.79 Å². The molecule has 1 N–H and O–H groups in total. The van der Waals surface area contributed by atoms with E-state index in [1.807, 2.05) is 0 Å². The van der Waals surface area contributed by atoms with Crippen LogP contribution in [-0.2, 0) is 15.1 Å². The second kappa shape index (κ2) is 6.91. The Labute approximate surface area is 125 Å². The molecular weight excluding hydrogens is 292 g/mol. The third-order valence-electron chi connectivity index (χ3n) is 3.26. The fraction of sp³-hybridized carbons (Fsp3) is 0.500. The van der Waals surface area contributed by atoms with Crippen LogP contribution in [0.3, 0.4) is 0 Å². The first kappa shape index (κ1) is 15.8. The van der Waals surface area contributed by atoms with Gasteiger partial charge < -0.3 is 9.50 Å². The smallest absolute Gasteiger partial charge is 0.371 e. The molecule has 0 atom stereocenters. The maximum Gasteiger partial charge on any atom is 0.385 e. The fourth-order valence-electron chi connectivity index (χ4n) is 2.24. The summed E-state index contributed by atoms with van der Waals surface area (Å²) in [6.07, 6.45) is 3.84. The average Bonchev–Trinajstić information content (AvgIpc) is 2.69. The molecule has 1 fully saturated rings. The van der Waals surface area contributed by atoms with E-state index in [1.165, 1.54) is 23.4 Å². The Balaban J connectivity index is 2.03. The van der Waals surface area contributed by atoms with Crippen molar-refractivity contribution < 1.29 is 17.4 Å². The Hall–Kier alpha value is -1.60. The zero-order chi connectivity index (χ0) is 15.3. The Kier molecular flexibility index (Phi) is 5.19. The first-order valence-corrected chi connectivity index (χ1v) is 8.41. The lowest BCUT2D eigenvalue weighted by Crippen LogP contribution is -2.35. The van der Waals surface area contributed by atoms with Crippen molar-refractivity contribution in [2.75, 3.05) is 18.4 Å². The average molecular weight is 312 g/mol. The van der Waals surface area contributed by atoms with Gasteiger partial charge in [-0.25, -0.2) is 0 Å². The zero-order valence-electron chi connectivity index (χ0n) is 12.0. The Morgan fingerprint density at radius 2 is 1.67 bits per heavy atom. The van der Waals surface area contributed by atoms with Crippen molar-refractivity contribution in [2.45, 2.75) is 32.6 Å². The topological polar surface area (TPSA) is 75.7 Å². The molecule has 1 amide bonds. The van der Waals surface area contributed by atoms with Crippen molar-refractivity contribution in [2.24, 2.45) is 0 Å². The minimum absolute atomic E-state index is 0.180. The van der Waals surface area contributed by atoms with Crippen LogP contribution in [0, 0.1) is 0 Å². The lowest BCUT2D eigenvalue weighted by molar-refractivity contribution is -0.114. The lowest BCUT2D eigenvalue weighted by atomic mass is 10.2. The van der Waals surface area contributed by atoms with Gasteiger partial charge in [0.1, 0.15) is 5.75 Å². The fourth-order valence-corrected chi connectivity index (χ4v) is 3.40. The number of carbonyl (C=O) groups excluding carboxylic acids is 1. The van der Waals surface area contributed by atoms with Gasteiger partial charge in [0.2, 0.25) is 5.91 Å². The van der Waals surface area contributed by atoms with Gasteiger partial charge in [0, 0.05) is 25.7 Å². The maximum atomic E-state index is 12.2. The van der Waals surface area contributed by atoms with Gasteiger partial charge in [-0.2, -0.15) is 12.7 Å². The second-order valence-corrected chi connectivity index (χ2v) is 6.60. The Bertz CT molecular complexity index is 575. The summed E-state index contributed by atoms with van der Waals surface area (Å²) in [5.41, 5.74) is 0.599. The van der Waals surface area contributed by atoms with Crippen LogP contribution in [0.4, 0.5) is 5.69 Å². The molecule has 2 rings (SSSR count). The first-order valence-electron chi connectivity index (χ1n) is 7.04. The largest absolute Gasteiger partial charge is 0.385 e. The molecule has 6 nitrogen and oxygen atoms in total. The molecule has 1 aliphatic rings. The van der Waals surface area contributed by atoms with Crippen LogP contribution in [-0.4, -0.2) is 31.7 Å². The lowest BCUT2D eigenvalue weighted by Gasteiger charge is -2.19. The van der Waals surface area contributed by atoms with Crippen LogP contribution in [0.1, 0.15) is 32.6 Å². The van der Waals surface area contributed by atoms with Crippen LogP contribution < -0.4 is 9.50 Å². The number of hydrogen-bond acceptors (Lipinski definition) is 4. The van der Waals surface area contributed by atoms with E-state index in [9.17, 15) is 13.2 Å². The molecular formula is C14H20N2O4S. The number of nitrogens with one attached hydrogen (secondary N) is 1. The summed E-state index contributed by atoms with van der Waals surface area (Å²) in [5.74, 6) is 0.0641. The van der Waals surface area contributed by atoms with Crippen molar-refractivity contribution in [3.63, 3.8) is 0 Å². The minimum Gasteiger partial charge on any atom is -0.371 e. The summed E-state index contributed by atoms with van der Waals surface area (Å²) in [5, 5.41) is 2.61. The molecule has 0 aromatic heterocycles. The van der Waals surface area contributed by atoms with Crippen molar-refractivity contribution in [3.05, 3.63) is 24.3 Å². The predicted octanol–water partition coefficient (Wildman–Crippen LogP) is 2.14. The molecule has 1 aromatic rings. The van der Waals surface area contributed by atoms with Gasteiger partial charge in [0.05, 0.1) is 0 Å². The molecule has 116 valence electrons. The molecule has 0 aliphatic carbocycles. The van der Waals surface area contributed by atoms with Gasteiger partial charge in [-0.05, 0) is 37.1 Å². The van der Waals surface area contributed by atoms with Crippen LogP contribution in [0.25, 0.3) is 0 Å². The molecule has 21 heavy (non-hydrogen) atoms. The van der Waals surface area contributed by atoms with Gasteiger partial charge in [-0.1, -0.05) is 12.8 Å². The molecule has 1 saturated heterocycles. The molecule has 0 bridgehead atoms. The molecule has 1 heterocycles. The van der Waals surface area contributed by atoms with E-state index in [2.05, 4.69) is 5.32 Å². The second-order valence-electron chi connectivity index (χ2n) is 5.06. The van der Waals surface area contributed by atoms with E-state index in [1.54, 1.807) is 12.1 Å². The summed E-state index contributed by atoms with van der Waals surface area (Å²) in [4.78, 5) is 10.9. The summed E-state index contributed by atoms with van der Waals surface area (Å²) in [7, 11) is -3.75. The SMILES string of the molecule is CC(=O)Nc1ccc(OS(=O)(=O)N2CCCCCC2)cc1. The van der Waals surface area contributed by atoms with E-state index in [0.29, 0.717) is 18.8 Å². The molecule has 0 radical (unpaired) electrons. The predicted molar refractivity (Wildman–Crippen MR) is 80.3 cm³/mol. The molecule has 0 spiro atoms. The maximum absolute atomic E-state index is 12.2. The highest BCUT2D eigenvalue weighted by molar-refractivity contribution is 7.84. The zero-order valence-corrected chi connectivity index (χ0v) is 12.9. The van der Waals surface area contributed by atoms with E-state index in [-0.39, 0.29) is 11.7 Å². The Morgan fingerprint density at radius 1 is 1.10 bits per heavy atom. The molecule has 0 unspecified atom stereocenters. The van der Waals surface area contributed by atoms with E-state index in [0.717, 1.165) is 25.7 Å². The highest BCUT2D eigenvalue weighted by atomic mass is 32.2. The molecule has 7 heteroatoms. The number of hydrogen-bond donors (Lipinski definition) is 1. The third-order valence-corrected chi connectivity index (χ3v) is 4.66. The van der Waals surface area contributed by atoms with Crippen LogP contribution in [0.5, 0.6) is 5.75 Å². The quantitative estimate of drug-likeness (QED) is 0.924. The summed E-state index contributed by atoms with van der Waals surface area (Å²) in [6.45, 7) is 2.42. The number of nitrogens with zero attached hydrogens (tertiary/aromatic N) is 1. The van der Waals surface area contributed by atoms with Crippen LogP contribution in [0.2, 0.25) is 0 Å². The minimum atomic E-state index is -3.75. The third kappa shape index (κ3) is 4.71. The summed E-state index contributed by atoms with van der Waals surface area (Å²) in [6, 6.07) is 6.27. The van der Waals surface area contributed by atoms with E-state index < -0.39 is 10.3 Å². The Morgan fingerprint density at radius 3 is 2.19 bits per heavy atom. The van der Waals surface area contributed by atoms with Crippen molar-refractivity contribution >= 4 is 21.9 Å². The molecule has 1 aliphatic heterocycles. The first-order chi connectivity index (χ1) is 9.97. The van der Waals surface area contributed by atoms with Crippen molar-refractivity contribution in [3.8, 4) is 5.75 Å². The van der Waals surface area contributed by atoms with Crippen LogP contribution in [0.15, 0.2) is 24.3 Å². The molecule has 1 aromatic carbocycles.